The van der Waals surface area contributed by atoms with Crippen LogP contribution in [0.25, 0.3) is 0 Å². The number of hydrogen-bond acceptors (Lipinski definition) is 6. The molecule has 1 aromatic rings. The van der Waals surface area contributed by atoms with Crippen LogP contribution in [0.1, 0.15) is 11.6 Å². The lowest BCUT2D eigenvalue weighted by Crippen LogP contribution is -2.52. The summed E-state index contributed by atoms with van der Waals surface area (Å²) in [4.78, 5) is 20.9. The Labute approximate surface area is 128 Å². The number of carbonyl (C=O) groups excluding carboxylic acids is 1. The van der Waals surface area contributed by atoms with Crippen LogP contribution in [0.2, 0.25) is 0 Å². The number of aryl methyl sites for hydroxylation is 1. The Morgan fingerprint density at radius 2 is 2.24 bits per heavy atom. The largest absolute Gasteiger partial charge is 0.449 e. The summed E-state index contributed by atoms with van der Waals surface area (Å²) in [5, 5.41) is 0. The minimum atomic E-state index is -0.338. The van der Waals surface area contributed by atoms with E-state index in [1.165, 1.54) is 0 Å². The average Bonchev–Trinajstić information content (AvgIpc) is 2.93. The maximum atomic E-state index is 12.5. The second-order valence-electron chi connectivity index (χ2n) is 5.39. The van der Waals surface area contributed by atoms with Gasteiger partial charge in [-0.05, 0) is 0 Å². The molecule has 1 atom stereocenters. The van der Waals surface area contributed by atoms with Crippen LogP contribution >= 0.6 is 11.8 Å². The Hall–Kier alpha value is -1.05. The maximum Gasteiger partial charge on any atom is 0.253 e. The third-order valence-electron chi connectivity index (χ3n) is 3.80. The Bertz CT molecular complexity index is 488. The molecule has 116 valence electrons. The molecule has 3 heterocycles. The van der Waals surface area contributed by atoms with Crippen molar-refractivity contribution in [1.82, 2.24) is 14.8 Å². The smallest absolute Gasteiger partial charge is 0.253 e. The number of thioether (sulfide) groups is 1. The summed E-state index contributed by atoms with van der Waals surface area (Å²) in [6, 6.07) is 0. The van der Waals surface area contributed by atoms with E-state index in [4.69, 9.17) is 9.15 Å². The van der Waals surface area contributed by atoms with Crippen molar-refractivity contribution < 1.29 is 13.9 Å². The van der Waals surface area contributed by atoms with Gasteiger partial charge in [-0.1, -0.05) is 0 Å². The van der Waals surface area contributed by atoms with E-state index in [-0.39, 0.29) is 12.0 Å². The molecule has 0 spiro atoms. The van der Waals surface area contributed by atoms with Crippen molar-refractivity contribution in [2.24, 2.45) is 0 Å². The Morgan fingerprint density at radius 1 is 1.43 bits per heavy atom. The van der Waals surface area contributed by atoms with E-state index < -0.39 is 0 Å². The molecule has 7 heteroatoms. The van der Waals surface area contributed by atoms with Gasteiger partial charge in [-0.2, -0.15) is 11.8 Å². The Morgan fingerprint density at radius 3 is 2.95 bits per heavy atom. The van der Waals surface area contributed by atoms with E-state index in [0.29, 0.717) is 25.6 Å². The highest BCUT2D eigenvalue weighted by Crippen LogP contribution is 2.15. The van der Waals surface area contributed by atoms with E-state index in [0.717, 1.165) is 36.8 Å². The second kappa shape index (κ2) is 6.81. The lowest BCUT2D eigenvalue weighted by atomic mass is 10.2. The predicted molar refractivity (Wildman–Crippen MR) is 80.2 cm³/mol. The standard InChI is InChI=1S/C14H21N3O3S/c1-11-15-12(10-20-11)8-16-2-5-19-13(9-16)14(18)17-3-6-21-7-4-17/h10,13H,2-9H2,1H3. The molecule has 0 bridgehead atoms. The van der Waals surface area contributed by atoms with E-state index >= 15 is 0 Å². The number of oxazole rings is 1. The zero-order chi connectivity index (χ0) is 14.7. The van der Waals surface area contributed by atoms with Gasteiger partial charge in [0.1, 0.15) is 12.4 Å². The summed E-state index contributed by atoms with van der Waals surface area (Å²) >= 11 is 1.90. The van der Waals surface area contributed by atoms with Gasteiger partial charge in [-0.3, -0.25) is 9.69 Å². The number of amides is 1. The molecule has 0 N–H and O–H groups in total. The summed E-state index contributed by atoms with van der Waals surface area (Å²) in [5.41, 5.74) is 0.912. The van der Waals surface area contributed by atoms with Crippen molar-refractivity contribution in [2.75, 3.05) is 44.3 Å². The van der Waals surface area contributed by atoms with Gasteiger partial charge in [-0.15, -0.1) is 0 Å². The van der Waals surface area contributed by atoms with E-state index in [1.807, 2.05) is 23.6 Å². The number of ether oxygens (including phenoxy) is 1. The van der Waals surface area contributed by atoms with Gasteiger partial charge in [0.2, 0.25) is 0 Å². The maximum absolute atomic E-state index is 12.5. The first-order valence-electron chi connectivity index (χ1n) is 7.34. The molecule has 2 aliphatic heterocycles. The first kappa shape index (κ1) is 14.9. The molecule has 6 nitrogen and oxygen atoms in total. The fourth-order valence-corrected chi connectivity index (χ4v) is 3.60. The van der Waals surface area contributed by atoms with Crippen LogP contribution in [0, 0.1) is 6.92 Å². The molecular formula is C14H21N3O3S. The molecule has 1 amide bonds. The van der Waals surface area contributed by atoms with Crippen molar-refractivity contribution in [2.45, 2.75) is 19.6 Å². The highest BCUT2D eigenvalue weighted by atomic mass is 32.2. The number of hydrogen-bond donors (Lipinski definition) is 0. The minimum absolute atomic E-state index is 0.135. The summed E-state index contributed by atoms with van der Waals surface area (Å²) in [5.74, 6) is 2.87. The van der Waals surface area contributed by atoms with Gasteiger partial charge in [0.25, 0.3) is 5.91 Å². The molecule has 1 aromatic heterocycles. The molecule has 0 radical (unpaired) electrons. The van der Waals surface area contributed by atoms with Gasteiger partial charge in [-0.25, -0.2) is 4.98 Å². The molecular weight excluding hydrogens is 290 g/mol. The topological polar surface area (TPSA) is 58.8 Å². The number of nitrogens with zero attached hydrogens (tertiary/aromatic N) is 3. The predicted octanol–water partition coefficient (Wildman–Crippen LogP) is 0.759. The Kier molecular flexibility index (Phi) is 4.82. The van der Waals surface area contributed by atoms with Gasteiger partial charge in [0, 0.05) is 51.2 Å². The SMILES string of the molecule is Cc1nc(CN2CCOC(C(=O)N3CCSCC3)C2)co1. The zero-order valence-electron chi connectivity index (χ0n) is 12.3. The van der Waals surface area contributed by atoms with Crippen molar-refractivity contribution in [3.05, 3.63) is 17.8 Å². The summed E-state index contributed by atoms with van der Waals surface area (Å²) < 4.78 is 10.9. The van der Waals surface area contributed by atoms with Crippen LogP contribution in [-0.2, 0) is 16.1 Å². The van der Waals surface area contributed by atoms with E-state index in [2.05, 4.69) is 9.88 Å². The molecule has 2 saturated heterocycles. The molecule has 0 aliphatic carbocycles. The quantitative estimate of drug-likeness (QED) is 0.821. The summed E-state index contributed by atoms with van der Waals surface area (Å²) in [6.07, 6.45) is 1.35. The highest BCUT2D eigenvalue weighted by molar-refractivity contribution is 7.99. The van der Waals surface area contributed by atoms with Crippen LogP contribution in [-0.4, -0.2) is 71.1 Å². The van der Waals surface area contributed by atoms with Gasteiger partial charge in [0.05, 0.1) is 12.3 Å². The first-order chi connectivity index (χ1) is 10.2. The fourth-order valence-electron chi connectivity index (χ4n) is 2.69. The number of rotatable bonds is 3. The van der Waals surface area contributed by atoms with Crippen molar-refractivity contribution in [3.63, 3.8) is 0 Å². The van der Waals surface area contributed by atoms with Gasteiger partial charge in [0.15, 0.2) is 5.89 Å². The van der Waals surface area contributed by atoms with Crippen LogP contribution in [0.5, 0.6) is 0 Å². The van der Waals surface area contributed by atoms with Crippen molar-refractivity contribution >= 4 is 17.7 Å². The minimum Gasteiger partial charge on any atom is -0.449 e. The summed E-state index contributed by atoms with van der Waals surface area (Å²) in [7, 11) is 0. The molecule has 0 saturated carbocycles. The normalized spacial score (nSPS) is 24.2. The molecule has 2 fully saturated rings. The lowest BCUT2D eigenvalue weighted by molar-refractivity contribution is -0.149. The van der Waals surface area contributed by atoms with E-state index in [9.17, 15) is 4.79 Å². The average molecular weight is 311 g/mol. The van der Waals surface area contributed by atoms with Crippen molar-refractivity contribution in [1.29, 1.82) is 0 Å². The first-order valence-corrected chi connectivity index (χ1v) is 8.49. The zero-order valence-corrected chi connectivity index (χ0v) is 13.1. The summed E-state index contributed by atoms with van der Waals surface area (Å²) in [6.45, 7) is 6.28. The molecule has 1 unspecified atom stereocenters. The molecule has 0 aromatic carbocycles. The number of morpholine rings is 1. The molecule has 21 heavy (non-hydrogen) atoms. The highest BCUT2D eigenvalue weighted by Gasteiger charge is 2.31. The lowest BCUT2D eigenvalue weighted by Gasteiger charge is -2.35. The molecule has 2 aliphatic rings. The van der Waals surface area contributed by atoms with Gasteiger partial charge >= 0.3 is 0 Å². The third-order valence-corrected chi connectivity index (χ3v) is 4.74. The van der Waals surface area contributed by atoms with Crippen LogP contribution < -0.4 is 0 Å². The Balaban J connectivity index is 1.56. The monoisotopic (exact) mass is 311 g/mol. The van der Waals surface area contributed by atoms with Crippen molar-refractivity contribution in [3.8, 4) is 0 Å². The third kappa shape index (κ3) is 3.78. The number of aromatic nitrogens is 1. The molecule has 3 rings (SSSR count). The fraction of sp³-hybridized carbons (Fsp3) is 0.714. The van der Waals surface area contributed by atoms with Crippen LogP contribution in [0.4, 0.5) is 0 Å². The van der Waals surface area contributed by atoms with Crippen LogP contribution in [0.15, 0.2) is 10.7 Å². The number of carbonyl (C=O) groups is 1. The second-order valence-corrected chi connectivity index (χ2v) is 6.61. The van der Waals surface area contributed by atoms with Gasteiger partial charge < -0.3 is 14.1 Å². The van der Waals surface area contributed by atoms with E-state index in [1.54, 1.807) is 6.26 Å². The van der Waals surface area contributed by atoms with Crippen LogP contribution in [0.3, 0.4) is 0 Å².